The van der Waals surface area contributed by atoms with E-state index in [1.54, 1.807) is 13.0 Å². The zero-order valence-corrected chi connectivity index (χ0v) is 21.7. The first-order chi connectivity index (χ1) is 18.9. The van der Waals surface area contributed by atoms with E-state index in [-0.39, 0.29) is 48.0 Å². The van der Waals surface area contributed by atoms with Crippen molar-refractivity contribution >= 4 is 48.4 Å². The highest BCUT2D eigenvalue weighted by Gasteiger charge is 2.41. The van der Waals surface area contributed by atoms with E-state index in [0.717, 1.165) is 12.1 Å². The van der Waals surface area contributed by atoms with Gasteiger partial charge >= 0.3 is 30.9 Å². The predicted molar refractivity (Wildman–Crippen MR) is 138 cm³/mol. The summed E-state index contributed by atoms with van der Waals surface area (Å²) in [5.74, 6) is -6.74. The maximum Gasteiger partial charge on any atom is 0.547 e. The lowest BCUT2D eigenvalue weighted by molar-refractivity contribution is -0.153. The van der Waals surface area contributed by atoms with Gasteiger partial charge in [-0.3, -0.25) is 19.3 Å². The van der Waals surface area contributed by atoms with E-state index in [4.69, 9.17) is 16.3 Å². The normalized spacial score (nSPS) is 17.6. The number of urea groups is 1. The van der Waals surface area contributed by atoms with Crippen LogP contribution >= 0.6 is 11.6 Å². The lowest BCUT2D eigenvalue weighted by atomic mass is 9.72. The van der Waals surface area contributed by atoms with E-state index < -0.39 is 60.3 Å². The molecule has 1 saturated heterocycles. The van der Waals surface area contributed by atoms with Crippen molar-refractivity contribution in [2.45, 2.75) is 25.3 Å². The number of phenolic OH excluding ortho intramolecular Hbond substituents is 2. The van der Waals surface area contributed by atoms with Gasteiger partial charge in [0.25, 0.3) is 0 Å². The molecule has 0 spiro atoms. The van der Waals surface area contributed by atoms with Crippen LogP contribution in [0.25, 0.3) is 0 Å². The number of carboxylic acids is 1. The van der Waals surface area contributed by atoms with E-state index in [0.29, 0.717) is 10.5 Å². The van der Waals surface area contributed by atoms with Crippen LogP contribution in [0.15, 0.2) is 30.3 Å². The number of benzene rings is 2. The molecule has 0 aromatic heterocycles. The first-order valence-corrected chi connectivity index (χ1v) is 12.4. The summed E-state index contributed by atoms with van der Waals surface area (Å²) in [4.78, 5) is 64.7. The number of fused-ring (bicyclic) bond motifs is 1. The molecule has 0 bridgehead atoms. The van der Waals surface area contributed by atoms with E-state index in [1.807, 2.05) is 0 Å². The van der Waals surface area contributed by atoms with Gasteiger partial charge in [-0.15, -0.1) is 0 Å². The number of nitrogens with one attached hydrogen (secondary N) is 2. The molecule has 2 heterocycles. The highest BCUT2D eigenvalue weighted by molar-refractivity contribution is 6.47. The third kappa shape index (κ3) is 5.46. The monoisotopic (exact) mass is 574 g/mol. The van der Waals surface area contributed by atoms with Crippen LogP contribution in [-0.4, -0.2) is 92.6 Å². The number of amides is 5. The molecule has 16 heteroatoms. The summed E-state index contributed by atoms with van der Waals surface area (Å²) >= 11 is 5.96. The van der Waals surface area contributed by atoms with Gasteiger partial charge in [-0.1, -0.05) is 23.7 Å². The zero-order valence-electron chi connectivity index (χ0n) is 21.0. The molecular formula is C24H24BClN4O10. The minimum absolute atomic E-state index is 0.0441. The SMILES string of the molecule is CCN1CCN(C(=O)NC(C(=O)N[C@H]2Cc3cccc(C(=O)O)c3OB2O)c2cc(O)c(O)c(Cl)c2)C(=O)C1=O. The van der Waals surface area contributed by atoms with E-state index in [2.05, 4.69) is 10.6 Å². The van der Waals surface area contributed by atoms with Gasteiger partial charge in [-0.2, -0.15) is 0 Å². The molecule has 0 radical (unpaired) electrons. The molecule has 5 amide bonds. The Labute approximate surface area is 232 Å². The van der Waals surface area contributed by atoms with Gasteiger partial charge in [-0.05, 0) is 42.7 Å². The number of rotatable bonds is 6. The topological polar surface area (TPSA) is 206 Å². The number of aromatic hydroxyl groups is 2. The fourth-order valence-corrected chi connectivity index (χ4v) is 4.65. The fourth-order valence-electron chi connectivity index (χ4n) is 4.43. The van der Waals surface area contributed by atoms with Crippen molar-refractivity contribution in [2.24, 2.45) is 0 Å². The molecule has 40 heavy (non-hydrogen) atoms. The molecule has 0 aliphatic carbocycles. The number of para-hydroxylation sites is 1. The van der Waals surface area contributed by atoms with Crippen LogP contribution in [0.1, 0.15) is 34.5 Å². The van der Waals surface area contributed by atoms with Gasteiger partial charge in [0, 0.05) is 19.6 Å². The van der Waals surface area contributed by atoms with Gasteiger partial charge in [0.05, 0.1) is 16.5 Å². The van der Waals surface area contributed by atoms with Crippen molar-refractivity contribution in [1.29, 1.82) is 0 Å². The van der Waals surface area contributed by atoms with E-state index in [9.17, 15) is 44.3 Å². The van der Waals surface area contributed by atoms with Crippen molar-refractivity contribution in [3.63, 3.8) is 0 Å². The molecule has 2 aromatic carbocycles. The van der Waals surface area contributed by atoms with Gasteiger partial charge in [0.2, 0.25) is 5.91 Å². The van der Waals surface area contributed by atoms with E-state index >= 15 is 0 Å². The average Bonchev–Trinajstić information content (AvgIpc) is 2.91. The number of nitrogens with zero attached hydrogens (tertiary/aromatic N) is 2. The van der Waals surface area contributed by atoms with Crippen LogP contribution in [-0.2, 0) is 20.8 Å². The number of carbonyl (C=O) groups is 5. The molecular weight excluding hydrogens is 551 g/mol. The Kier molecular flexibility index (Phi) is 8.07. The summed E-state index contributed by atoms with van der Waals surface area (Å²) in [6, 6.07) is 3.68. The summed E-state index contributed by atoms with van der Waals surface area (Å²) in [7, 11) is -1.67. The smallest absolute Gasteiger partial charge is 0.534 e. The fraction of sp³-hybridized carbons (Fsp3) is 0.292. The van der Waals surface area contributed by atoms with Crippen molar-refractivity contribution in [3.05, 3.63) is 52.0 Å². The lowest BCUT2D eigenvalue weighted by Crippen LogP contribution is -2.60. The Morgan fingerprint density at radius 3 is 2.55 bits per heavy atom. The van der Waals surface area contributed by atoms with Gasteiger partial charge in [0.1, 0.15) is 11.8 Å². The number of aromatic carboxylic acids is 1. The molecule has 210 valence electrons. The number of carboxylic acid groups (broad SMARTS) is 1. The number of likely N-dealkylation sites (N-methyl/N-ethyl adjacent to an activating group) is 1. The minimum Gasteiger partial charge on any atom is -0.534 e. The third-order valence-electron chi connectivity index (χ3n) is 6.54. The molecule has 6 N–H and O–H groups in total. The van der Waals surface area contributed by atoms with Crippen LogP contribution in [0, 0.1) is 0 Å². The number of hydrogen-bond acceptors (Lipinski definition) is 9. The standard InChI is InChI=1S/C24H24BClN4O10/c1-2-29-6-7-30(22(35)21(29)34)24(38)28-17(12-8-14(26)18(32)15(31)9-12)20(33)27-16-10-11-4-3-5-13(23(36)37)19(11)40-25(16)39/h3-5,8-9,16-17,31-32,39H,2,6-7,10H2,1H3,(H,27,33)(H,28,38)(H,36,37)/t16-,17?/m0/s1. The van der Waals surface area contributed by atoms with Crippen molar-refractivity contribution < 1.29 is 49.0 Å². The Bertz CT molecular complexity index is 1380. The first-order valence-electron chi connectivity index (χ1n) is 12.1. The molecule has 14 nitrogen and oxygen atoms in total. The molecule has 2 atom stereocenters. The number of phenols is 2. The zero-order chi connectivity index (χ0) is 29.3. The van der Waals surface area contributed by atoms with Gasteiger partial charge in [0.15, 0.2) is 11.5 Å². The minimum atomic E-state index is -1.67. The van der Waals surface area contributed by atoms with Gasteiger partial charge in [-0.25, -0.2) is 9.59 Å². The number of imide groups is 1. The summed E-state index contributed by atoms with van der Waals surface area (Å²) in [5.41, 5.74) is 0.110. The second kappa shape index (κ2) is 11.3. The second-order valence-electron chi connectivity index (χ2n) is 9.02. The molecule has 0 saturated carbocycles. The van der Waals surface area contributed by atoms with Gasteiger partial charge < -0.3 is 40.5 Å². The molecule has 1 unspecified atom stereocenters. The maximum atomic E-state index is 13.5. The van der Waals surface area contributed by atoms with Crippen LogP contribution < -0.4 is 15.3 Å². The molecule has 1 fully saturated rings. The van der Waals surface area contributed by atoms with Crippen LogP contribution in [0.4, 0.5) is 4.79 Å². The largest absolute Gasteiger partial charge is 0.547 e. The maximum absolute atomic E-state index is 13.5. The summed E-state index contributed by atoms with van der Waals surface area (Å²) in [6.45, 7) is 1.88. The van der Waals surface area contributed by atoms with Crippen LogP contribution in [0.5, 0.6) is 17.2 Å². The van der Waals surface area contributed by atoms with Crippen molar-refractivity contribution in [3.8, 4) is 17.2 Å². The number of carbonyl (C=O) groups excluding carboxylic acids is 4. The van der Waals surface area contributed by atoms with Crippen molar-refractivity contribution in [1.82, 2.24) is 20.4 Å². The summed E-state index contributed by atoms with van der Waals surface area (Å²) < 4.78 is 5.38. The average molecular weight is 575 g/mol. The molecule has 2 aliphatic heterocycles. The number of hydrogen-bond donors (Lipinski definition) is 6. The quantitative estimate of drug-likeness (QED) is 0.155. The van der Waals surface area contributed by atoms with Crippen LogP contribution in [0.2, 0.25) is 5.02 Å². The Morgan fingerprint density at radius 2 is 1.90 bits per heavy atom. The van der Waals surface area contributed by atoms with E-state index in [1.165, 1.54) is 17.0 Å². The molecule has 4 rings (SSSR count). The Balaban J connectivity index is 1.60. The third-order valence-corrected chi connectivity index (χ3v) is 6.83. The van der Waals surface area contributed by atoms with Crippen LogP contribution in [0.3, 0.4) is 0 Å². The highest BCUT2D eigenvalue weighted by Crippen LogP contribution is 2.36. The number of piperazine rings is 1. The lowest BCUT2D eigenvalue weighted by Gasteiger charge is -2.33. The van der Waals surface area contributed by atoms with Crippen molar-refractivity contribution in [2.75, 3.05) is 19.6 Å². The summed E-state index contributed by atoms with van der Waals surface area (Å²) in [5, 5.41) is 44.3. The number of halogens is 1. The second-order valence-corrected chi connectivity index (χ2v) is 9.43. The summed E-state index contributed by atoms with van der Waals surface area (Å²) in [6.07, 6.45) is -0.0441. The Hall–Kier alpha value is -4.50. The molecule has 2 aromatic rings. The Morgan fingerprint density at radius 1 is 1.18 bits per heavy atom. The predicted octanol–water partition coefficient (Wildman–Crippen LogP) is 0.0304. The highest BCUT2D eigenvalue weighted by atomic mass is 35.5. The molecule has 2 aliphatic rings. The first kappa shape index (κ1) is 28.5.